The molecule has 10 heavy (non-hydrogen) atoms. The highest BCUT2D eigenvalue weighted by Crippen LogP contribution is 2.20. The van der Waals surface area contributed by atoms with Gasteiger partial charge in [0.1, 0.15) is 0 Å². The maximum Gasteiger partial charge on any atom is 0.0598 e. The second kappa shape index (κ2) is 4.99. The maximum absolute atomic E-state index is 8.78. The maximum atomic E-state index is 8.78. The number of thiol groups is 1. The van der Waals surface area contributed by atoms with Crippen LogP contribution in [0.5, 0.6) is 0 Å². The molecule has 0 rings (SSSR count). The minimum atomic E-state index is -0.560. The molecule has 0 aromatic carbocycles. The van der Waals surface area contributed by atoms with Gasteiger partial charge >= 0.3 is 0 Å². The van der Waals surface area contributed by atoms with Crippen molar-refractivity contribution in [1.82, 2.24) is 0 Å². The first-order valence-corrected chi connectivity index (χ1v) is 4.07. The number of unbranched alkanes of at least 4 members (excludes halogenated alkanes) is 1. The monoisotopic (exact) mass is 164 g/mol. The zero-order valence-electron chi connectivity index (χ0n) is 6.38. The van der Waals surface area contributed by atoms with Crippen molar-refractivity contribution in [2.75, 3.05) is 13.2 Å². The summed E-state index contributed by atoms with van der Waals surface area (Å²) in [4.78, 5) is 0. The molecular weight excluding hydrogens is 148 g/mol. The standard InChI is InChI=1S/C7H16O2S/c1-2-3-4-7(10,5-8)6-9/h8-10H,2-6H2,1H3. The van der Waals surface area contributed by atoms with Gasteiger partial charge in [-0.15, -0.1) is 0 Å². The van der Waals surface area contributed by atoms with Crippen LogP contribution in [0.1, 0.15) is 26.2 Å². The van der Waals surface area contributed by atoms with Gasteiger partial charge in [0.25, 0.3) is 0 Å². The summed E-state index contributed by atoms with van der Waals surface area (Å²) in [7, 11) is 0. The van der Waals surface area contributed by atoms with E-state index < -0.39 is 4.75 Å². The average molecular weight is 164 g/mol. The normalized spacial score (nSPS) is 12.0. The zero-order valence-corrected chi connectivity index (χ0v) is 7.27. The van der Waals surface area contributed by atoms with Gasteiger partial charge in [-0.25, -0.2) is 0 Å². The van der Waals surface area contributed by atoms with Crippen molar-refractivity contribution in [3.8, 4) is 0 Å². The molecule has 3 heteroatoms. The van der Waals surface area contributed by atoms with E-state index in [1.807, 2.05) is 0 Å². The second-order valence-electron chi connectivity index (χ2n) is 2.64. The van der Waals surface area contributed by atoms with Crippen molar-refractivity contribution < 1.29 is 10.2 Å². The molecule has 0 amide bonds. The molecule has 0 bridgehead atoms. The van der Waals surface area contributed by atoms with Gasteiger partial charge in [-0.3, -0.25) is 0 Å². The van der Waals surface area contributed by atoms with E-state index in [2.05, 4.69) is 19.6 Å². The summed E-state index contributed by atoms with van der Waals surface area (Å²) in [5.74, 6) is 0. The average Bonchev–Trinajstić information content (AvgIpc) is 2.00. The van der Waals surface area contributed by atoms with Crippen LogP contribution in [0.2, 0.25) is 0 Å². The largest absolute Gasteiger partial charge is 0.395 e. The number of hydrogen-bond donors (Lipinski definition) is 3. The molecule has 0 heterocycles. The Labute approximate surface area is 67.7 Å². The second-order valence-corrected chi connectivity index (χ2v) is 3.59. The first-order chi connectivity index (χ1) is 4.68. The zero-order chi connectivity index (χ0) is 8.04. The van der Waals surface area contributed by atoms with E-state index in [9.17, 15) is 0 Å². The molecule has 0 radical (unpaired) electrons. The molecular formula is C7H16O2S. The summed E-state index contributed by atoms with van der Waals surface area (Å²) < 4.78 is -0.560. The number of rotatable bonds is 5. The highest BCUT2D eigenvalue weighted by molar-refractivity contribution is 7.81. The van der Waals surface area contributed by atoms with E-state index in [1.54, 1.807) is 0 Å². The lowest BCUT2D eigenvalue weighted by atomic mass is 10.0. The third-order valence-corrected chi connectivity index (χ3v) is 2.09. The minimum absolute atomic E-state index is 0.0490. The number of hydrogen-bond acceptors (Lipinski definition) is 3. The van der Waals surface area contributed by atoms with E-state index in [1.165, 1.54) is 0 Å². The molecule has 0 aromatic rings. The molecule has 0 aliphatic carbocycles. The lowest BCUT2D eigenvalue weighted by Crippen LogP contribution is -2.30. The van der Waals surface area contributed by atoms with Gasteiger partial charge in [-0.05, 0) is 6.42 Å². The Hall–Kier alpha value is 0.270. The van der Waals surface area contributed by atoms with Crippen molar-refractivity contribution in [2.24, 2.45) is 0 Å². The van der Waals surface area contributed by atoms with Crippen LogP contribution in [0.3, 0.4) is 0 Å². The van der Waals surface area contributed by atoms with E-state index in [-0.39, 0.29) is 13.2 Å². The van der Waals surface area contributed by atoms with Crippen molar-refractivity contribution >= 4 is 12.6 Å². The molecule has 0 fully saturated rings. The van der Waals surface area contributed by atoms with Crippen LogP contribution in [-0.4, -0.2) is 28.2 Å². The molecule has 2 N–H and O–H groups in total. The van der Waals surface area contributed by atoms with E-state index in [4.69, 9.17) is 10.2 Å². The van der Waals surface area contributed by atoms with Crippen molar-refractivity contribution in [3.05, 3.63) is 0 Å². The van der Waals surface area contributed by atoms with Crippen molar-refractivity contribution in [3.63, 3.8) is 0 Å². The fourth-order valence-corrected chi connectivity index (χ4v) is 0.872. The fourth-order valence-electron chi connectivity index (χ4n) is 0.714. The Morgan fingerprint density at radius 1 is 1.30 bits per heavy atom. The topological polar surface area (TPSA) is 40.5 Å². The Morgan fingerprint density at radius 2 is 1.80 bits per heavy atom. The molecule has 0 saturated heterocycles. The lowest BCUT2D eigenvalue weighted by Gasteiger charge is -2.22. The van der Waals surface area contributed by atoms with Crippen LogP contribution >= 0.6 is 12.6 Å². The van der Waals surface area contributed by atoms with Crippen LogP contribution in [0.25, 0.3) is 0 Å². The fraction of sp³-hybridized carbons (Fsp3) is 1.00. The highest BCUT2D eigenvalue weighted by atomic mass is 32.1. The van der Waals surface area contributed by atoms with Gasteiger partial charge in [-0.2, -0.15) is 12.6 Å². The van der Waals surface area contributed by atoms with Gasteiger partial charge in [0.15, 0.2) is 0 Å². The number of aliphatic hydroxyl groups is 2. The summed E-state index contributed by atoms with van der Waals surface area (Å²) in [6.07, 6.45) is 2.85. The molecule has 0 aromatic heterocycles. The third kappa shape index (κ3) is 3.44. The van der Waals surface area contributed by atoms with Gasteiger partial charge in [0.05, 0.1) is 18.0 Å². The molecule has 62 valence electrons. The Kier molecular flexibility index (Phi) is 5.13. The Bertz CT molecular complexity index is 81.7. The SMILES string of the molecule is CCCCC(S)(CO)CO. The summed E-state index contributed by atoms with van der Waals surface area (Å²) in [5, 5.41) is 17.6. The predicted molar refractivity (Wildman–Crippen MR) is 45.4 cm³/mol. The lowest BCUT2D eigenvalue weighted by molar-refractivity contribution is 0.166. The predicted octanol–water partition coefficient (Wildman–Crippen LogP) is 0.830. The molecule has 0 aliphatic heterocycles. The highest BCUT2D eigenvalue weighted by Gasteiger charge is 2.22. The third-order valence-electron chi connectivity index (χ3n) is 1.58. The van der Waals surface area contributed by atoms with Crippen LogP contribution in [0, 0.1) is 0 Å². The minimum Gasteiger partial charge on any atom is -0.395 e. The van der Waals surface area contributed by atoms with E-state index in [0.717, 1.165) is 19.3 Å². The van der Waals surface area contributed by atoms with Gasteiger partial charge in [-0.1, -0.05) is 19.8 Å². The molecule has 0 atom stereocenters. The van der Waals surface area contributed by atoms with Crippen LogP contribution in [0.4, 0.5) is 0 Å². The summed E-state index contributed by atoms with van der Waals surface area (Å²) in [6, 6.07) is 0. The molecule has 0 saturated carbocycles. The molecule has 0 spiro atoms. The molecule has 2 nitrogen and oxygen atoms in total. The van der Waals surface area contributed by atoms with Gasteiger partial charge in [0, 0.05) is 0 Å². The van der Waals surface area contributed by atoms with Crippen molar-refractivity contribution in [2.45, 2.75) is 30.9 Å². The van der Waals surface area contributed by atoms with E-state index in [0.29, 0.717) is 0 Å². The Morgan fingerprint density at radius 3 is 2.10 bits per heavy atom. The molecule has 0 aliphatic rings. The summed E-state index contributed by atoms with van der Waals surface area (Å²) in [5.41, 5.74) is 0. The Balaban J connectivity index is 3.58. The number of aliphatic hydroxyl groups excluding tert-OH is 2. The van der Waals surface area contributed by atoms with Gasteiger partial charge < -0.3 is 10.2 Å². The van der Waals surface area contributed by atoms with Crippen LogP contribution < -0.4 is 0 Å². The van der Waals surface area contributed by atoms with Crippen molar-refractivity contribution in [1.29, 1.82) is 0 Å². The molecule has 0 unspecified atom stereocenters. The quantitative estimate of drug-likeness (QED) is 0.527. The van der Waals surface area contributed by atoms with E-state index >= 15 is 0 Å². The summed E-state index contributed by atoms with van der Waals surface area (Å²) in [6.45, 7) is 1.97. The summed E-state index contributed by atoms with van der Waals surface area (Å²) >= 11 is 4.15. The first kappa shape index (κ1) is 10.3. The van der Waals surface area contributed by atoms with Crippen LogP contribution in [0.15, 0.2) is 0 Å². The van der Waals surface area contributed by atoms with Gasteiger partial charge in [0.2, 0.25) is 0 Å². The van der Waals surface area contributed by atoms with Crippen LogP contribution in [-0.2, 0) is 0 Å². The first-order valence-electron chi connectivity index (χ1n) is 3.62. The smallest absolute Gasteiger partial charge is 0.0598 e.